The van der Waals surface area contributed by atoms with Crippen molar-refractivity contribution in [2.45, 2.75) is 13.5 Å². The summed E-state index contributed by atoms with van der Waals surface area (Å²) in [5.41, 5.74) is 0.349. The van der Waals surface area contributed by atoms with Gasteiger partial charge in [0.2, 0.25) is 0 Å². The fourth-order valence-corrected chi connectivity index (χ4v) is 3.61. The highest BCUT2D eigenvalue weighted by molar-refractivity contribution is 5.76. The van der Waals surface area contributed by atoms with Crippen LogP contribution in [0.5, 0.6) is 11.5 Å². The van der Waals surface area contributed by atoms with Gasteiger partial charge in [-0.1, -0.05) is 6.07 Å². The molecule has 0 unspecified atom stereocenters. The van der Waals surface area contributed by atoms with Gasteiger partial charge < -0.3 is 19.3 Å². The summed E-state index contributed by atoms with van der Waals surface area (Å²) in [5.74, 6) is 0.767. The fourth-order valence-electron chi connectivity index (χ4n) is 3.61. The Bertz CT molecular complexity index is 590. The van der Waals surface area contributed by atoms with Gasteiger partial charge in [-0.05, 0) is 24.6 Å². The largest absolute Gasteiger partial charge is 0.493 e. The predicted octanol–water partition coefficient (Wildman–Crippen LogP) is 1.63. The molecule has 2 atom stereocenters. The van der Waals surface area contributed by atoms with Crippen LogP contribution >= 0.6 is 0 Å². The van der Waals surface area contributed by atoms with Crippen LogP contribution in [-0.4, -0.2) is 56.0 Å². The Hall–Kier alpha value is -1.79. The zero-order valence-corrected chi connectivity index (χ0v) is 13.6. The molecule has 1 N–H and O–H groups in total. The zero-order chi connectivity index (χ0) is 16.4. The number of carboxylic acid groups (broad SMARTS) is 1. The lowest BCUT2D eigenvalue weighted by Crippen LogP contribution is -2.38. The number of likely N-dealkylation sites (tertiary alicyclic amines) is 1. The van der Waals surface area contributed by atoms with E-state index in [0.717, 1.165) is 17.9 Å². The number of rotatable bonds is 6. The molecule has 126 valence electrons. The van der Waals surface area contributed by atoms with Crippen molar-refractivity contribution >= 4 is 5.97 Å². The highest BCUT2D eigenvalue weighted by Gasteiger charge is 2.55. The first kappa shape index (κ1) is 16.1. The van der Waals surface area contributed by atoms with E-state index in [1.54, 1.807) is 7.11 Å². The second kappa shape index (κ2) is 6.37. The van der Waals surface area contributed by atoms with E-state index in [1.807, 2.05) is 25.1 Å². The van der Waals surface area contributed by atoms with Crippen molar-refractivity contribution in [1.29, 1.82) is 0 Å². The Morgan fingerprint density at radius 2 is 2.30 bits per heavy atom. The molecule has 2 heterocycles. The van der Waals surface area contributed by atoms with E-state index >= 15 is 0 Å². The second-order valence-electron chi connectivity index (χ2n) is 6.26. The van der Waals surface area contributed by atoms with Crippen LogP contribution in [0.2, 0.25) is 0 Å². The molecule has 0 aromatic heterocycles. The maximum Gasteiger partial charge on any atom is 0.313 e. The van der Waals surface area contributed by atoms with Crippen molar-refractivity contribution in [3.05, 3.63) is 23.8 Å². The molecule has 2 aliphatic rings. The molecule has 3 rings (SSSR count). The first-order valence-corrected chi connectivity index (χ1v) is 7.92. The van der Waals surface area contributed by atoms with Gasteiger partial charge in [0, 0.05) is 25.6 Å². The maximum atomic E-state index is 11.7. The van der Waals surface area contributed by atoms with E-state index in [1.165, 1.54) is 0 Å². The van der Waals surface area contributed by atoms with Crippen LogP contribution in [0.25, 0.3) is 0 Å². The van der Waals surface area contributed by atoms with E-state index in [2.05, 4.69) is 4.90 Å². The summed E-state index contributed by atoms with van der Waals surface area (Å²) in [6.07, 6.45) is 0. The van der Waals surface area contributed by atoms with Gasteiger partial charge in [0.25, 0.3) is 0 Å². The molecule has 6 nitrogen and oxygen atoms in total. The Morgan fingerprint density at radius 3 is 2.96 bits per heavy atom. The molecule has 2 fully saturated rings. The van der Waals surface area contributed by atoms with Crippen molar-refractivity contribution in [3.8, 4) is 11.5 Å². The third-order valence-electron chi connectivity index (χ3n) is 4.80. The van der Waals surface area contributed by atoms with E-state index in [4.69, 9.17) is 14.2 Å². The summed E-state index contributed by atoms with van der Waals surface area (Å²) in [6, 6.07) is 5.87. The first-order chi connectivity index (χ1) is 11.1. The lowest BCUT2D eigenvalue weighted by Gasteiger charge is -2.22. The smallest absolute Gasteiger partial charge is 0.313 e. The van der Waals surface area contributed by atoms with Crippen molar-refractivity contribution in [1.82, 2.24) is 4.90 Å². The molecule has 23 heavy (non-hydrogen) atoms. The van der Waals surface area contributed by atoms with Crippen molar-refractivity contribution in [2.75, 3.05) is 40.0 Å². The number of methoxy groups -OCH3 is 1. The van der Waals surface area contributed by atoms with Crippen LogP contribution in [0, 0.1) is 11.3 Å². The van der Waals surface area contributed by atoms with Gasteiger partial charge in [0.1, 0.15) is 5.41 Å². The topological polar surface area (TPSA) is 68.2 Å². The van der Waals surface area contributed by atoms with Crippen molar-refractivity contribution in [2.24, 2.45) is 11.3 Å². The van der Waals surface area contributed by atoms with Crippen LogP contribution < -0.4 is 9.47 Å². The molecule has 0 amide bonds. The number of nitrogens with zero attached hydrogens (tertiary/aromatic N) is 1. The van der Waals surface area contributed by atoms with Crippen LogP contribution in [0.1, 0.15) is 12.5 Å². The Labute approximate surface area is 135 Å². The predicted molar refractivity (Wildman–Crippen MR) is 83.8 cm³/mol. The van der Waals surface area contributed by atoms with E-state index in [-0.39, 0.29) is 5.92 Å². The minimum atomic E-state index is -0.744. The Balaban J connectivity index is 1.72. The van der Waals surface area contributed by atoms with Gasteiger partial charge in [-0.25, -0.2) is 0 Å². The van der Waals surface area contributed by atoms with Crippen LogP contribution in [-0.2, 0) is 16.1 Å². The fraction of sp³-hybridized carbons (Fsp3) is 0.588. The van der Waals surface area contributed by atoms with Gasteiger partial charge in [-0.2, -0.15) is 0 Å². The lowest BCUT2D eigenvalue weighted by atomic mass is 9.81. The van der Waals surface area contributed by atoms with Gasteiger partial charge in [0.05, 0.1) is 26.9 Å². The molecular weight excluding hydrogens is 298 g/mol. The summed E-state index contributed by atoms with van der Waals surface area (Å²) in [6.45, 7) is 5.36. The summed E-state index contributed by atoms with van der Waals surface area (Å²) in [5, 5.41) is 9.59. The molecule has 2 aliphatic heterocycles. The van der Waals surface area contributed by atoms with Crippen molar-refractivity contribution < 1.29 is 24.1 Å². The number of carboxylic acids is 1. The van der Waals surface area contributed by atoms with Gasteiger partial charge >= 0.3 is 5.97 Å². The highest BCUT2D eigenvalue weighted by atomic mass is 16.5. The first-order valence-electron chi connectivity index (χ1n) is 7.92. The SMILES string of the molecule is CCOc1ccc(CN2C[C@@H]3COC[C@]3(C(=O)O)C2)cc1OC. The summed E-state index contributed by atoms with van der Waals surface area (Å²) in [4.78, 5) is 13.9. The Kier molecular flexibility index (Phi) is 4.46. The molecule has 0 aliphatic carbocycles. The molecular formula is C17H23NO5. The number of fused-ring (bicyclic) bond motifs is 1. The molecule has 2 saturated heterocycles. The van der Waals surface area contributed by atoms with E-state index in [9.17, 15) is 9.90 Å². The van der Waals surface area contributed by atoms with E-state index < -0.39 is 11.4 Å². The minimum absolute atomic E-state index is 0.0737. The van der Waals surface area contributed by atoms with Crippen LogP contribution in [0.3, 0.4) is 0 Å². The molecule has 0 saturated carbocycles. The number of ether oxygens (including phenoxy) is 3. The molecule has 0 radical (unpaired) electrons. The quantitative estimate of drug-likeness (QED) is 0.859. The maximum absolute atomic E-state index is 11.7. The monoisotopic (exact) mass is 321 g/mol. The average Bonchev–Trinajstić information content (AvgIpc) is 3.06. The zero-order valence-electron chi connectivity index (χ0n) is 13.6. The second-order valence-corrected chi connectivity index (χ2v) is 6.26. The summed E-state index contributed by atoms with van der Waals surface area (Å²) < 4.78 is 16.3. The molecule has 6 heteroatoms. The third-order valence-corrected chi connectivity index (χ3v) is 4.80. The van der Waals surface area contributed by atoms with Gasteiger partial charge in [-0.15, -0.1) is 0 Å². The van der Waals surface area contributed by atoms with Gasteiger partial charge in [0.15, 0.2) is 11.5 Å². The van der Waals surface area contributed by atoms with Gasteiger partial charge in [-0.3, -0.25) is 9.69 Å². The molecule has 1 aromatic rings. The average molecular weight is 321 g/mol. The lowest BCUT2D eigenvalue weighted by molar-refractivity contribution is -0.149. The molecule has 0 spiro atoms. The van der Waals surface area contributed by atoms with Crippen molar-refractivity contribution in [3.63, 3.8) is 0 Å². The third kappa shape index (κ3) is 2.88. The van der Waals surface area contributed by atoms with E-state index in [0.29, 0.717) is 38.7 Å². The summed E-state index contributed by atoms with van der Waals surface area (Å²) in [7, 11) is 1.62. The Morgan fingerprint density at radius 1 is 1.48 bits per heavy atom. The number of carbonyl (C=O) groups is 1. The van der Waals surface area contributed by atoms with Crippen LogP contribution in [0.4, 0.5) is 0 Å². The molecule has 0 bridgehead atoms. The highest BCUT2D eigenvalue weighted by Crippen LogP contribution is 2.42. The minimum Gasteiger partial charge on any atom is -0.493 e. The number of aliphatic carboxylic acids is 1. The summed E-state index contributed by atoms with van der Waals surface area (Å²) >= 11 is 0. The standard InChI is InChI=1S/C17H23NO5/c1-3-23-14-5-4-12(6-15(14)21-2)7-18-8-13-9-22-11-17(13,10-18)16(19)20/h4-6,13H,3,7-11H2,1-2H3,(H,19,20)/t13-,17-/m1/s1. The number of benzene rings is 1. The number of hydrogen-bond acceptors (Lipinski definition) is 5. The normalized spacial score (nSPS) is 27.0. The molecule has 1 aromatic carbocycles. The van der Waals surface area contributed by atoms with Crippen LogP contribution in [0.15, 0.2) is 18.2 Å². The number of hydrogen-bond donors (Lipinski definition) is 1.